The Morgan fingerprint density at radius 2 is 1.85 bits per heavy atom. The van der Waals surface area contributed by atoms with E-state index in [4.69, 9.17) is 25.4 Å². The van der Waals surface area contributed by atoms with Gasteiger partial charge >= 0.3 is 0 Å². The van der Waals surface area contributed by atoms with E-state index in [2.05, 4.69) is 5.16 Å². The smallest absolute Gasteiger partial charge is 0.170 e. The molecule has 0 unspecified atom stereocenters. The van der Waals surface area contributed by atoms with Crippen LogP contribution >= 0.6 is 11.3 Å². The first kappa shape index (κ1) is 18.7. The third kappa shape index (κ3) is 4.03. The van der Waals surface area contributed by atoms with Gasteiger partial charge in [-0.1, -0.05) is 29.4 Å². The highest BCUT2D eigenvalue weighted by Crippen LogP contribution is 2.36. The molecule has 1 aromatic heterocycles. The normalized spacial score (nSPS) is 11.4. The summed E-state index contributed by atoms with van der Waals surface area (Å²) in [5.41, 5.74) is 8.95. The van der Waals surface area contributed by atoms with Crippen LogP contribution in [0.15, 0.2) is 53.0 Å². The molecule has 6 nitrogen and oxygen atoms in total. The minimum absolute atomic E-state index is 0.0554. The van der Waals surface area contributed by atoms with E-state index in [9.17, 15) is 0 Å². The fourth-order valence-electron chi connectivity index (χ4n) is 2.70. The Labute approximate surface area is 161 Å². The summed E-state index contributed by atoms with van der Waals surface area (Å²) in [5.74, 6) is 1.47. The van der Waals surface area contributed by atoms with Crippen molar-refractivity contribution < 1.29 is 14.7 Å². The third-order valence-electron chi connectivity index (χ3n) is 3.88. The van der Waals surface area contributed by atoms with E-state index < -0.39 is 0 Å². The Morgan fingerprint density at radius 1 is 1.11 bits per heavy atom. The number of nitrogens with two attached hydrogens (primary N) is 1. The minimum Gasteiger partial charge on any atom is -0.490 e. The van der Waals surface area contributed by atoms with Crippen molar-refractivity contribution in [3.63, 3.8) is 0 Å². The van der Waals surface area contributed by atoms with Crippen LogP contribution in [0.2, 0.25) is 0 Å². The average Bonchev–Trinajstić information content (AvgIpc) is 3.19. The lowest BCUT2D eigenvalue weighted by molar-refractivity contribution is 0.288. The van der Waals surface area contributed by atoms with Gasteiger partial charge in [-0.2, -0.15) is 0 Å². The zero-order chi connectivity index (χ0) is 19.2. The summed E-state index contributed by atoms with van der Waals surface area (Å²) in [6, 6.07) is 13.2. The maximum absolute atomic E-state index is 9.01. The second kappa shape index (κ2) is 8.55. The van der Waals surface area contributed by atoms with Crippen molar-refractivity contribution in [1.29, 1.82) is 0 Å². The number of ether oxygens (including phenoxy) is 2. The van der Waals surface area contributed by atoms with Gasteiger partial charge < -0.3 is 20.4 Å². The van der Waals surface area contributed by atoms with Crippen LogP contribution < -0.4 is 15.2 Å². The van der Waals surface area contributed by atoms with Crippen LogP contribution in [-0.2, 0) is 0 Å². The summed E-state index contributed by atoms with van der Waals surface area (Å²) < 4.78 is 11.3. The van der Waals surface area contributed by atoms with Gasteiger partial charge in [-0.3, -0.25) is 0 Å². The predicted molar refractivity (Wildman–Crippen MR) is 108 cm³/mol. The zero-order valence-corrected chi connectivity index (χ0v) is 16.0. The molecule has 0 bridgehead atoms. The largest absolute Gasteiger partial charge is 0.490 e. The first-order valence-corrected chi connectivity index (χ1v) is 9.48. The molecule has 0 radical (unpaired) electrons. The lowest BCUT2D eigenvalue weighted by atomic mass is 10.0. The highest BCUT2D eigenvalue weighted by molar-refractivity contribution is 7.13. The van der Waals surface area contributed by atoms with Crippen molar-refractivity contribution in [1.82, 2.24) is 4.98 Å². The van der Waals surface area contributed by atoms with E-state index >= 15 is 0 Å². The molecule has 0 spiro atoms. The van der Waals surface area contributed by atoms with Gasteiger partial charge in [-0.15, -0.1) is 11.3 Å². The van der Waals surface area contributed by atoms with Crippen LogP contribution in [0.5, 0.6) is 11.5 Å². The Bertz CT molecular complexity index is 953. The number of aromatic nitrogens is 1. The van der Waals surface area contributed by atoms with Crippen LogP contribution in [-0.4, -0.2) is 29.2 Å². The molecular formula is C20H21N3O3S. The van der Waals surface area contributed by atoms with E-state index in [0.29, 0.717) is 24.5 Å². The average molecular weight is 383 g/mol. The summed E-state index contributed by atoms with van der Waals surface area (Å²) in [6.07, 6.45) is 0. The summed E-state index contributed by atoms with van der Waals surface area (Å²) in [6.45, 7) is 5.01. The number of benzene rings is 2. The SMILES string of the molecule is CCOc1ccc(-c2nc(-c3ccccc3C(N)=NO)cs2)cc1OCC. The molecule has 0 aliphatic heterocycles. The second-order valence-corrected chi connectivity index (χ2v) is 6.45. The van der Waals surface area contributed by atoms with E-state index in [1.54, 1.807) is 6.07 Å². The molecule has 0 atom stereocenters. The van der Waals surface area contributed by atoms with Crippen molar-refractivity contribution >= 4 is 17.2 Å². The standard InChI is InChI=1S/C20H21N3O3S/c1-3-25-17-10-9-13(11-18(17)26-4-2)20-22-16(12-27-20)14-7-5-6-8-15(14)19(21)23-24/h5-12,24H,3-4H2,1-2H3,(H2,21,23). The van der Waals surface area contributed by atoms with Gasteiger partial charge in [0.05, 0.1) is 18.9 Å². The lowest BCUT2D eigenvalue weighted by Crippen LogP contribution is -2.14. The summed E-state index contributed by atoms with van der Waals surface area (Å²) in [7, 11) is 0. The molecular weight excluding hydrogens is 362 g/mol. The predicted octanol–water partition coefficient (Wildman–Crippen LogP) is 4.37. The molecule has 3 aromatic rings. The van der Waals surface area contributed by atoms with Gasteiger partial charge in [0.2, 0.25) is 0 Å². The number of hydrogen-bond acceptors (Lipinski definition) is 6. The molecule has 0 saturated carbocycles. The van der Waals surface area contributed by atoms with Crippen LogP contribution in [0.4, 0.5) is 0 Å². The van der Waals surface area contributed by atoms with Crippen molar-refractivity contribution in [2.75, 3.05) is 13.2 Å². The first-order valence-electron chi connectivity index (χ1n) is 8.60. The molecule has 0 amide bonds. The number of oxime groups is 1. The number of rotatable bonds is 7. The molecule has 27 heavy (non-hydrogen) atoms. The molecule has 0 saturated heterocycles. The number of nitrogens with zero attached hydrogens (tertiary/aromatic N) is 2. The van der Waals surface area contributed by atoms with Gasteiger partial charge in [0.25, 0.3) is 0 Å². The maximum atomic E-state index is 9.01. The summed E-state index contributed by atoms with van der Waals surface area (Å²) in [4.78, 5) is 4.73. The highest BCUT2D eigenvalue weighted by atomic mass is 32.1. The van der Waals surface area contributed by atoms with Crippen LogP contribution in [0.3, 0.4) is 0 Å². The number of thiazole rings is 1. The molecule has 0 fully saturated rings. The highest BCUT2D eigenvalue weighted by Gasteiger charge is 2.14. The molecule has 0 aliphatic carbocycles. The molecule has 2 aromatic carbocycles. The summed E-state index contributed by atoms with van der Waals surface area (Å²) in [5, 5.41) is 14.9. The fourth-order valence-corrected chi connectivity index (χ4v) is 3.51. The van der Waals surface area contributed by atoms with Gasteiger partial charge in [-0.25, -0.2) is 4.98 Å². The lowest BCUT2D eigenvalue weighted by Gasteiger charge is -2.11. The molecule has 0 aliphatic rings. The van der Waals surface area contributed by atoms with E-state index in [1.807, 2.05) is 55.6 Å². The minimum atomic E-state index is 0.0554. The third-order valence-corrected chi connectivity index (χ3v) is 4.77. The van der Waals surface area contributed by atoms with E-state index in [1.165, 1.54) is 11.3 Å². The Morgan fingerprint density at radius 3 is 2.59 bits per heavy atom. The van der Waals surface area contributed by atoms with Gasteiger partial charge in [0, 0.05) is 22.1 Å². The second-order valence-electron chi connectivity index (χ2n) is 5.60. The van der Waals surface area contributed by atoms with Crippen molar-refractivity contribution in [2.24, 2.45) is 10.9 Å². The van der Waals surface area contributed by atoms with E-state index in [-0.39, 0.29) is 5.84 Å². The van der Waals surface area contributed by atoms with Crippen molar-refractivity contribution in [3.8, 4) is 33.3 Å². The van der Waals surface area contributed by atoms with Gasteiger partial charge in [0.15, 0.2) is 17.3 Å². The Balaban J connectivity index is 1.99. The first-order chi connectivity index (χ1) is 13.2. The fraction of sp³-hybridized carbons (Fsp3) is 0.200. The van der Waals surface area contributed by atoms with Crippen molar-refractivity contribution in [2.45, 2.75) is 13.8 Å². The zero-order valence-electron chi connectivity index (χ0n) is 15.2. The number of hydrogen-bond donors (Lipinski definition) is 2. The molecule has 3 rings (SSSR count). The Hall–Kier alpha value is -3.06. The van der Waals surface area contributed by atoms with Crippen LogP contribution in [0.25, 0.3) is 21.8 Å². The van der Waals surface area contributed by atoms with Crippen LogP contribution in [0.1, 0.15) is 19.4 Å². The van der Waals surface area contributed by atoms with E-state index in [0.717, 1.165) is 27.6 Å². The Kier molecular flexibility index (Phi) is 5.93. The summed E-state index contributed by atoms with van der Waals surface area (Å²) >= 11 is 1.52. The molecule has 140 valence electrons. The monoisotopic (exact) mass is 383 g/mol. The molecule has 3 N–H and O–H groups in total. The molecule has 7 heteroatoms. The van der Waals surface area contributed by atoms with Crippen molar-refractivity contribution in [3.05, 3.63) is 53.4 Å². The maximum Gasteiger partial charge on any atom is 0.170 e. The van der Waals surface area contributed by atoms with Crippen LogP contribution in [0, 0.1) is 0 Å². The quantitative estimate of drug-likeness (QED) is 0.274. The van der Waals surface area contributed by atoms with Gasteiger partial charge in [0.1, 0.15) is 5.01 Å². The molecule has 1 heterocycles. The number of amidine groups is 1. The topological polar surface area (TPSA) is 90.0 Å². The van der Waals surface area contributed by atoms with Gasteiger partial charge in [-0.05, 0) is 32.0 Å².